The summed E-state index contributed by atoms with van der Waals surface area (Å²) < 4.78 is 36.8. The molecule has 0 spiro atoms. The number of aliphatic hydroxyl groups excluding tert-OH is 1. The van der Waals surface area contributed by atoms with Crippen molar-refractivity contribution in [2.75, 3.05) is 19.5 Å². The summed E-state index contributed by atoms with van der Waals surface area (Å²) in [6.45, 7) is 0.532. The molecular formula is C25H23ClN4O5S. The minimum absolute atomic E-state index is 0.228. The number of nitrogens with zero attached hydrogens (tertiary/aromatic N) is 2. The summed E-state index contributed by atoms with van der Waals surface area (Å²) in [4.78, 5) is 12.7. The van der Waals surface area contributed by atoms with E-state index in [0.29, 0.717) is 33.4 Å². The Morgan fingerprint density at radius 1 is 1.03 bits per heavy atom. The fourth-order valence-corrected chi connectivity index (χ4v) is 5.48. The zero-order valence-electron chi connectivity index (χ0n) is 19.2. The van der Waals surface area contributed by atoms with Crippen LogP contribution in [0.2, 0.25) is 5.02 Å². The summed E-state index contributed by atoms with van der Waals surface area (Å²) in [5.74, 6) is 0. The average Bonchev–Trinajstić information content (AvgIpc) is 3.55. The first-order valence-electron chi connectivity index (χ1n) is 11.3. The predicted molar refractivity (Wildman–Crippen MR) is 135 cm³/mol. The maximum absolute atomic E-state index is 11.9. The lowest BCUT2D eigenvalue weighted by Gasteiger charge is -2.15. The highest BCUT2D eigenvalue weighted by atomic mass is 35.5. The van der Waals surface area contributed by atoms with Gasteiger partial charge in [0.15, 0.2) is 11.8 Å². The summed E-state index contributed by atoms with van der Waals surface area (Å²) in [6.07, 6.45) is -0.342. The summed E-state index contributed by atoms with van der Waals surface area (Å²) >= 11 is 6.55. The van der Waals surface area contributed by atoms with Gasteiger partial charge in [-0.25, -0.2) is 14.0 Å². The molecule has 2 aliphatic rings. The number of imidazole rings is 1. The van der Waals surface area contributed by atoms with Gasteiger partial charge >= 0.3 is 0 Å². The third-order valence-electron chi connectivity index (χ3n) is 6.44. The molecule has 0 amide bonds. The number of hydrogen-bond acceptors (Lipinski definition) is 8. The number of halogens is 1. The largest absolute Gasteiger partial charge is 0.456 e. The topological polar surface area (TPSA) is 130 Å². The van der Waals surface area contributed by atoms with Crippen LogP contribution in [0, 0.1) is 4.78 Å². The van der Waals surface area contributed by atoms with Gasteiger partial charge in [-0.05, 0) is 29.3 Å². The van der Waals surface area contributed by atoms with Gasteiger partial charge in [-0.1, -0.05) is 48.0 Å². The molecule has 0 saturated carbocycles. The van der Waals surface area contributed by atoms with Crippen LogP contribution in [0.25, 0.3) is 33.5 Å². The third kappa shape index (κ3) is 4.25. The van der Waals surface area contributed by atoms with Crippen LogP contribution in [0.3, 0.4) is 0 Å². The van der Waals surface area contributed by atoms with Crippen LogP contribution in [0.4, 0.5) is 0 Å². The van der Waals surface area contributed by atoms with Gasteiger partial charge in [-0.3, -0.25) is 4.98 Å². The molecule has 6 rings (SSSR count). The van der Waals surface area contributed by atoms with Gasteiger partial charge in [-0.15, -0.1) is 0 Å². The number of pyridine rings is 1. The van der Waals surface area contributed by atoms with Crippen LogP contribution >= 0.6 is 11.6 Å². The van der Waals surface area contributed by atoms with Crippen molar-refractivity contribution in [3.05, 3.63) is 59.6 Å². The van der Waals surface area contributed by atoms with Crippen molar-refractivity contribution in [3.8, 4) is 28.4 Å². The third-order valence-corrected chi connectivity index (χ3v) is 7.90. The summed E-state index contributed by atoms with van der Waals surface area (Å²) in [7, 11) is -2.74. The molecule has 2 saturated heterocycles. The van der Waals surface area contributed by atoms with E-state index < -0.39 is 15.8 Å². The molecular weight excluding hydrogens is 504 g/mol. The molecule has 9 nitrogen and oxygen atoms in total. The molecule has 4 heterocycles. The molecule has 36 heavy (non-hydrogen) atoms. The number of hydrogen-bond donors (Lipinski definition) is 3. The van der Waals surface area contributed by atoms with Crippen molar-refractivity contribution in [1.82, 2.24) is 15.0 Å². The maximum atomic E-state index is 11.9. The van der Waals surface area contributed by atoms with Crippen molar-refractivity contribution in [1.29, 1.82) is 4.78 Å². The van der Waals surface area contributed by atoms with Gasteiger partial charge in [0.1, 0.15) is 23.8 Å². The van der Waals surface area contributed by atoms with E-state index >= 15 is 0 Å². The number of benzene rings is 2. The molecule has 0 bridgehead atoms. The Bertz CT molecular complexity index is 1540. The Balaban J connectivity index is 1.23. The molecule has 2 aromatic heterocycles. The first kappa shape index (κ1) is 23.4. The molecule has 3 N–H and O–H groups in total. The average molecular weight is 527 g/mol. The minimum atomic E-state index is -2.74. The molecule has 4 aromatic rings. The number of nitrogens with one attached hydrogen (secondary N) is 2. The number of rotatable bonds is 5. The highest BCUT2D eigenvalue weighted by Crippen LogP contribution is 2.33. The Morgan fingerprint density at radius 3 is 2.36 bits per heavy atom. The molecule has 2 fully saturated rings. The Kier molecular flexibility index (Phi) is 5.73. The predicted octanol–water partition coefficient (Wildman–Crippen LogP) is 3.89. The van der Waals surface area contributed by atoms with Crippen LogP contribution < -0.4 is 4.74 Å². The number of aliphatic hydroxyl groups is 1. The van der Waals surface area contributed by atoms with E-state index in [-0.39, 0.29) is 30.9 Å². The number of fused-ring (bicyclic) bond motifs is 2. The fraction of sp³-hybridized carbons (Fsp3) is 0.280. The maximum Gasteiger partial charge on any atom is 0.296 e. The summed E-state index contributed by atoms with van der Waals surface area (Å²) in [5, 5.41) is 10.4. The Hall–Kier alpha value is -3.02. The zero-order valence-corrected chi connectivity index (χ0v) is 20.8. The van der Waals surface area contributed by atoms with Gasteiger partial charge < -0.3 is 19.3 Å². The lowest BCUT2D eigenvalue weighted by Crippen LogP contribution is -2.34. The monoisotopic (exact) mass is 526 g/mol. The van der Waals surface area contributed by atoms with Crippen LogP contribution in [0.15, 0.2) is 59.5 Å². The van der Waals surface area contributed by atoms with Gasteiger partial charge in [0.2, 0.25) is 0 Å². The quantitative estimate of drug-likeness (QED) is 0.359. The second-order valence-electron chi connectivity index (χ2n) is 8.99. The first-order valence-corrected chi connectivity index (χ1v) is 13.7. The molecule has 0 aliphatic carbocycles. The van der Waals surface area contributed by atoms with Crippen LogP contribution in [-0.4, -0.2) is 68.2 Å². The normalized spacial score (nSPS) is 25.1. The highest BCUT2D eigenvalue weighted by molar-refractivity contribution is 7.91. The standard InChI is InChI=1S/C25H23ClN4O5S/c1-36(27,32)16-8-6-14(7-9-16)13-2-4-15(5-3-13)21-17(26)10-18-24(29-21)30-25(28-18)35-20-12-34-22-19(31)11-33-23(20)22/h2-10,19-20,22-23,27,31H,11-12H2,1H3,(H,28,29,30)/t19-,20-,22?,23-,36?/m1/s1. The van der Waals surface area contributed by atoms with E-state index in [2.05, 4.69) is 15.0 Å². The minimum Gasteiger partial charge on any atom is -0.456 e. The Morgan fingerprint density at radius 2 is 1.67 bits per heavy atom. The van der Waals surface area contributed by atoms with Crippen molar-refractivity contribution >= 4 is 32.5 Å². The second kappa shape index (κ2) is 8.82. The molecule has 11 heteroatoms. The highest BCUT2D eigenvalue weighted by Gasteiger charge is 2.48. The molecule has 2 aliphatic heterocycles. The Labute approximate surface area is 212 Å². The van der Waals surface area contributed by atoms with E-state index in [1.54, 1.807) is 18.2 Å². The van der Waals surface area contributed by atoms with Gasteiger partial charge in [0.25, 0.3) is 6.01 Å². The van der Waals surface area contributed by atoms with Gasteiger partial charge in [0.05, 0.1) is 33.7 Å². The van der Waals surface area contributed by atoms with Crippen molar-refractivity contribution < 1.29 is 23.5 Å². The number of aromatic nitrogens is 3. The van der Waals surface area contributed by atoms with Gasteiger partial charge in [0, 0.05) is 16.7 Å². The molecule has 186 valence electrons. The van der Waals surface area contributed by atoms with Crippen molar-refractivity contribution in [2.45, 2.75) is 29.3 Å². The van der Waals surface area contributed by atoms with Crippen LogP contribution in [-0.2, 0) is 19.2 Å². The smallest absolute Gasteiger partial charge is 0.296 e. The molecule has 0 radical (unpaired) electrons. The zero-order chi connectivity index (χ0) is 25.0. The van der Waals surface area contributed by atoms with Crippen molar-refractivity contribution in [3.63, 3.8) is 0 Å². The second-order valence-corrected chi connectivity index (χ2v) is 11.6. The molecule has 2 aromatic carbocycles. The van der Waals surface area contributed by atoms with E-state index in [0.717, 1.165) is 16.7 Å². The summed E-state index contributed by atoms with van der Waals surface area (Å²) in [6, 6.07) is 17.0. The van der Waals surface area contributed by atoms with E-state index in [1.165, 1.54) is 6.26 Å². The summed E-state index contributed by atoms with van der Waals surface area (Å²) in [5.41, 5.74) is 4.47. The molecule has 5 atom stereocenters. The number of H-pyrrole nitrogens is 1. The van der Waals surface area contributed by atoms with E-state index in [9.17, 15) is 9.32 Å². The van der Waals surface area contributed by atoms with Crippen LogP contribution in [0.5, 0.6) is 6.01 Å². The lowest BCUT2D eigenvalue weighted by atomic mass is 10.0. The van der Waals surface area contributed by atoms with E-state index in [1.807, 2.05) is 36.4 Å². The van der Waals surface area contributed by atoms with Gasteiger partial charge in [-0.2, -0.15) is 4.98 Å². The fourth-order valence-electron chi connectivity index (χ4n) is 4.57. The molecule has 2 unspecified atom stereocenters. The van der Waals surface area contributed by atoms with Crippen molar-refractivity contribution in [2.24, 2.45) is 0 Å². The first-order chi connectivity index (χ1) is 17.3. The number of aromatic amines is 1. The number of ether oxygens (including phenoxy) is 3. The van der Waals surface area contributed by atoms with Crippen LogP contribution in [0.1, 0.15) is 0 Å². The SMILES string of the molecule is CS(=N)(=O)c1ccc(-c2ccc(-c3nc4[nH]c(O[C@@H]5COC6[C@H](O)CO[C@@H]65)nc4cc3Cl)cc2)cc1. The van der Waals surface area contributed by atoms with E-state index in [4.69, 9.17) is 30.6 Å². The lowest BCUT2D eigenvalue weighted by molar-refractivity contribution is 0.00706.